The summed E-state index contributed by atoms with van der Waals surface area (Å²) in [6.45, 7) is 9.34. The molecular weight excluding hydrogens is 617 g/mol. The highest BCUT2D eigenvalue weighted by molar-refractivity contribution is 6.24. The third-order valence-corrected chi connectivity index (χ3v) is 12.5. The van der Waals surface area contributed by atoms with Crippen molar-refractivity contribution in [2.24, 2.45) is 0 Å². The largest absolute Gasteiger partial charge is 0.372 e. The van der Waals surface area contributed by atoms with Crippen LogP contribution in [-0.2, 0) is 5.41 Å². The van der Waals surface area contributed by atoms with Gasteiger partial charge in [0.25, 0.3) is 0 Å². The minimum Gasteiger partial charge on any atom is -0.372 e. The number of benzene rings is 7. The Kier molecular flexibility index (Phi) is 7.24. The van der Waals surface area contributed by atoms with Gasteiger partial charge in [0.05, 0.1) is 0 Å². The molecule has 2 heteroatoms. The predicted octanol–water partition coefficient (Wildman–Crippen LogP) is 12.8. The average molecular weight is 663 g/mol. The van der Waals surface area contributed by atoms with Crippen molar-refractivity contribution in [3.8, 4) is 33.4 Å². The molecule has 0 N–H and O–H groups in total. The molecule has 0 aromatic heterocycles. The van der Waals surface area contributed by atoms with E-state index in [1.807, 2.05) is 0 Å². The number of anilines is 2. The van der Waals surface area contributed by atoms with Crippen LogP contribution in [0.25, 0.3) is 65.7 Å². The second-order valence-corrected chi connectivity index (χ2v) is 15.8. The molecule has 2 nitrogen and oxygen atoms in total. The number of piperidine rings is 2. The fourth-order valence-corrected chi connectivity index (χ4v) is 9.81. The molecule has 0 saturated carbocycles. The standard InChI is InChI=1S/C49H46N2/c1-49(2)45-19-8-7-17-38(45)39-23-20-34(30-46(39)49)47-41-24-21-36(51-28-11-4-12-29-51)32-44(41)48(40-18-13-15-33-14-5-6-16-37(33)40)42-25-22-35(31-43(42)47)50-26-9-3-10-27-50/h5-8,13-25,30-32H,3-4,9-12,26-29H2,1-2H3. The van der Waals surface area contributed by atoms with E-state index in [1.165, 1.54) is 127 Å². The number of hydrogen-bond donors (Lipinski definition) is 0. The van der Waals surface area contributed by atoms with E-state index in [9.17, 15) is 0 Å². The molecular formula is C49H46N2. The summed E-state index contributed by atoms with van der Waals surface area (Å²) in [5, 5.41) is 8.00. The van der Waals surface area contributed by atoms with Gasteiger partial charge in [-0.05, 0) is 146 Å². The summed E-state index contributed by atoms with van der Waals surface area (Å²) in [6.07, 6.45) is 7.73. The second-order valence-electron chi connectivity index (χ2n) is 15.8. The van der Waals surface area contributed by atoms with Gasteiger partial charge in [0.15, 0.2) is 0 Å². The van der Waals surface area contributed by atoms with E-state index in [1.54, 1.807) is 0 Å². The van der Waals surface area contributed by atoms with Gasteiger partial charge >= 0.3 is 0 Å². The van der Waals surface area contributed by atoms with Crippen molar-refractivity contribution < 1.29 is 0 Å². The summed E-state index contributed by atoms with van der Waals surface area (Å²) >= 11 is 0. The first-order chi connectivity index (χ1) is 25.1. The molecule has 51 heavy (non-hydrogen) atoms. The summed E-state index contributed by atoms with van der Waals surface area (Å²) in [5.74, 6) is 0. The summed E-state index contributed by atoms with van der Waals surface area (Å²) in [6, 6.07) is 47.0. The molecule has 3 aliphatic rings. The Morgan fingerprint density at radius 3 is 1.71 bits per heavy atom. The summed E-state index contributed by atoms with van der Waals surface area (Å²) in [5.41, 5.74) is 13.6. The van der Waals surface area contributed by atoms with Crippen molar-refractivity contribution in [2.75, 3.05) is 36.0 Å². The van der Waals surface area contributed by atoms with E-state index in [0.29, 0.717) is 0 Å². The maximum absolute atomic E-state index is 2.62. The lowest BCUT2D eigenvalue weighted by Gasteiger charge is -2.31. The molecule has 7 aromatic rings. The Bertz CT molecular complexity index is 2470. The quantitative estimate of drug-likeness (QED) is 0.173. The first-order valence-electron chi connectivity index (χ1n) is 19.3. The third-order valence-electron chi connectivity index (χ3n) is 12.5. The summed E-state index contributed by atoms with van der Waals surface area (Å²) in [7, 11) is 0. The van der Waals surface area contributed by atoms with E-state index in [0.717, 1.165) is 26.2 Å². The van der Waals surface area contributed by atoms with Crippen LogP contribution in [0.15, 0.2) is 121 Å². The highest BCUT2D eigenvalue weighted by Crippen LogP contribution is 2.52. The molecule has 2 heterocycles. The van der Waals surface area contributed by atoms with Crippen LogP contribution < -0.4 is 9.80 Å². The van der Waals surface area contributed by atoms with Gasteiger partial charge in [0.1, 0.15) is 0 Å². The van der Waals surface area contributed by atoms with Crippen LogP contribution in [0.3, 0.4) is 0 Å². The van der Waals surface area contributed by atoms with Gasteiger partial charge in [-0.3, -0.25) is 0 Å². The number of nitrogens with zero attached hydrogens (tertiary/aromatic N) is 2. The Balaban J connectivity index is 1.31. The Labute approximate surface area is 302 Å². The second kappa shape index (κ2) is 12.0. The average Bonchev–Trinajstić information content (AvgIpc) is 3.42. The van der Waals surface area contributed by atoms with Gasteiger partial charge in [0.2, 0.25) is 0 Å². The Morgan fingerprint density at radius 2 is 0.980 bits per heavy atom. The van der Waals surface area contributed by atoms with Crippen LogP contribution in [0.2, 0.25) is 0 Å². The topological polar surface area (TPSA) is 6.48 Å². The van der Waals surface area contributed by atoms with Crippen molar-refractivity contribution in [3.05, 3.63) is 132 Å². The van der Waals surface area contributed by atoms with Crippen LogP contribution in [0.5, 0.6) is 0 Å². The fraction of sp³-hybridized carbons (Fsp3) is 0.265. The molecule has 0 spiro atoms. The molecule has 0 unspecified atom stereocenters. The summed E-state index contributed by atoms with van der Waals surface area (Å²) in [4.78, 5) is 5.24. The lowest BCUT2D eigenvalue weighted by molar-refractivity contribution is 0.578. The number of hydrogen-bond acceptors (Lipinski definition) is 2. The highest BCUT2D eigenvalue weighted by atomic mass is 15.1. The molecule has 10 rings (SSSR count). The zero-order valence-corrected chi connectivity index (χ0v) is 30.0. The molecule has 2 fully saturated rings. The lowest BCUT2D eigenvalue weighted by atomic mass is 9.80. The molecule has 0 amide bonds. The van der Waals surface area contributed by atoms with Crippen LogP contribution in [0.1, 0.15) is 63.5 Å². The van der Waals surface area contributed by atoms with E-state index in [2.05, 4.69) is 145 Å². The first kappa shape index (κ1) is 30.7. The maximum atomic E-state index is 2.62. The van der Waals surface area contributed by atoms with Crippen molar-refractivity contribution in [1.82, 2.24) is 0 Å². The lowest BCUT2D eigenvalue weighted by Crippen LogP contribution is -2.29. The SMILES string of the molecule is CC1(C)c2ccccc2-c2ccc(-c3c4cc(N5CCCCC5)ccc4c(-c4cccc5ccccc45)c4cc(N5CCCCC5)ccc34)cc21. The van der Waals surface area contributed by atoms with Gasteiger partial charge in [-0.25, -0.2) is 0 Å². The molecule has 2 aliphatic heterocycles. The van der Waals surface area contributed by atoms with E-state index in [4.69, 9.17) is 0 Å². The van der Waals surface area contributed by atoms with Crippen LogP contribution in [0, 0.1) is 0 Å². The van der Waals surface area contributed by atoms with Gasteiger partial charge < -0.3 is 9.80 Å². The number of rotatable bonds is 4. The zero-order valence-electron chi connectivity index (χ0n) is 30.0. The molecule has 252 valence electrons. The molecule has 2 saturated heterocycles. The van der Waals surface area contributed by atoms with Crippen molar-refractivity contribution in [2.45, 2.75) is 57.8 Å². The molecule has 0 atom stereocenters. The highest BCUT2D eigenvalue weighted by Gasteiger charge is 2.35. The monoisotopic (exact) mass is 662 g/mol. The molecule has 1 aliphatic carbocycles. The normalized spacial score (nSPS) is 16.9. The maximum Gasteiger partial charge on any atom is 0.0372 e. The summed E-state index contributed by atoms with van der Waals surface area (Å²) < 4.78 is 0. The van der Waals surface area contributed by atoms with Crippen molar-refractivity contribution >= 4 is 43.7 Å². The van der Waals surface area contributed by atoms with Crippen LogP contribution >= 0.6 is 0 Å². The number of fused-ring (bicyclic) bond motifs is 6. The Hall–Kier alpha value is -5.08. The molecule has 0 radical (unpaired) electrons. The minimum absolute atomic E-state index is 0.0587. The van der Waals surface area contributed by atoms with E-state index in [-0.39, 0.29) is 5.41 Å². The fourth-order valence-electron chi connectivity index (χ4n) is 9.81. The van der Waals surface area contributed by atoms with Crippen LogP contribution in [0.4, 0.5) is 11.4 Å². The first-order valence-corrected chi connectivity index (χ1v) is 19.3. The predicted molar refractivity (Wildman–Crippen MR) is 220 cm³/mol. The van der Waals surface area contributed by atoms with Gasteiger partial charge in [0, 0.05) is 43.0 Å². The zero-order chi connectivity index (χ0) is 34.1. The van der Waals surface area contributed by atoms with Crippen molar-refractivity contribution in [3.63, 3.8) is 0 Å². The van der Waals surface area contributed by atoms with Crippen LogP contribution in [-0.4, -0.2) is 26.2 Å². The van der Waals surface area contributed by atoms with Gasteiger partial charge in [-0.2, -0.15) is 0 Å². The van der Waals surface area contributed by atoms with Gasteiger partial charge in [-0.1, -0.05) is 105 Å². The Morgan fingerprint density at radius 1 is 0.412 bits per heavy atom. The smallest absolute Gasteiger partial charge is 0.0372 e. The third kappa shape index (κ3) is 4.90. The van der Waals surface area contributed by atoms with Crippen molar-refractivity contribution in [1.29, 1.82) is 0 Å². The minimum atomic E-state index is -0.0587. The van der Waals surface area contributed by atoms with Gasteiger partial charge in [-0.15, -0.1) is 0 Å². The molecule has 7 aromatic carbocycles. The molecule has 0 bridgehead atoms. The van der Waals surface area contributed by atoms with E-state index >= 15 is 0 Å². The van der Waals surface area contributed by atoms with E-state index < -0.39 is 0 Å².